The van der Waals surface area contributed by atoms with Crippen molar-refractivity contribution in [3.8, 4) is 0 Å². The minimum absolute atomic E-state index is 0.103. The zero-order valence-electron chi connectivity index (χ0n) is 11.7. The Morgan fingerprint density at radius 1 is 1.17 bits per heavy atom. The van der Waals surface area contributed by atoms with Crippen molar-refractivity contribution in [1.29, 1.82) is 0 Å². The molecule has 0 atom stereocenters. The summed E-state index contributed by atoms with van der Waals surface area (Å²) in [6.45, 7) is 4.78. The topological polar surface area (TPSA) is 47.6 Å². The van der Waals surface area contributed by atoms with Gasteiger partial charge in [-0.15, -0.1) is 0 Å². The first-order valence-electron chi connectivity index (χ1n) is 7.05. The molecule has 0 aliphatic heterocycles. The molecule has 1 amide bonds. The minimum Gasteiger partial charge on any atom is -0.382 e. The molecule has 1 aliphatic carbocycles. The Bertz CT molecular complexity index is 225. The first-order valence-corrected chi connectivity index (χ1v) is 7.05. The number of ether oxygens (including phenoxy) is 2. The largest absolute Gasteiger partial charge is 0.382 e. The van der Waals surface area contributed by atoms with Crippen molar-refractivity contribution in [3.05, 3.63) is 0 Å². The van der Waals surface area contributed by atoms with Gasteiger partial charge >= 0.3 is 0 Å². The summed E-state index contributed by atoms with van der Waals surface area (Å²) >= 11 is 0. The molecule has 0 saturated heterocycles. The molecular formula is C14H27NO3. The monoisotopic (exact) mass is 257 g/mol. The van der Waals surface area contributed by atoms with E-state index in [1.807, 2.05) is 0 Å². The Labute approximate surface area is 110 Å². The maximum Gasteiger partial charge on any atom is 0.222 e. The fourth-order valence-electron chi connectivity index (χ4n) is 2.29. The molecule has 4 nitrogen and oxygen atoms in total. The summed E-state index contributed by atoms with van der Waals surface area (Å²) in [6.07, 6.45) is 5.58. The highest BCUT2D eigenvalue weighted by Gasteiger charge is 2.18. The number of amides is 1. The van der Waals surface area contributed by atoms with Crippen molar-refractivity contribution in [1.82, 2.24) is 5.32 Å². The maximum atomic E-state index is 11.6. The fourth-order valence-corrected chi connectivity index (χ4v) is 2.29. The summed E-state index contributed by atoms with van der Waals surface area (Å²) < 4.78 is 10.1. The molecule has 4 heteroatoms. The smallest absolute Gasteiger partial charge is 0.222 e. The van der Waals surface area contributed by atoms with Crippen LogP contribution in [0, 0.1) is 11.8 Å². The molecule has 1 N–H and O–H groups in total. The molecule has 1 fully saturated rings. The van der Waals surface area contributed by atoms with E-state index in [0.717, 1.165) is 12.5 Å². The van der Waals surface area contributed by atoms with Crippen LogP contribution in [-0.2, 0) is 14.3 Å². The van der Waals surface area contributed by atoms with E-state index in [0.29, 0.717) is 32.2 Å². The van der Waals surface area contributed by atoms with Gasteiger partial charge in [0.25, 0.3) is 0 Å². The number of carbonyl (C=O) groups excluding carboxylic acids is 1. The van der Waals surface area contributed by atoms with Gasteiger partial charge < -0.3 is 14.8 Å². The predicted molar refractivity (Wildman–Crippen MR) is 71.4 cm³/mol. The van der Waals surface area contributed by atoms with Gasteiger partial charge in [-0.05, 0) is 24.7 Å². The fraction of sp³-hybridized carbons (Fsp3) is 0.929. The molecule has 1 aliphatic rings. The van der Waals surface area contributed by atoms with E-state index in [-0.39, 0.29) is 5.91 Å². The summed E-state index contributed by atoms with van der Waals surface area (Å²) in [4.78, 5) is 11.6. The maximum absolute atomic E-state index is 11.6. The van der Waals surface area contributed by atoms with Crippen LogP contribution in [-0.4, -0.2) is 39.4 Å². The number of rotatable bonds is 8. The number of hydrogen-bond acceptors (Lipinski definition) is 3. The molecule has 0 bridgehead atoms. The van der Waals surface area contributed by atoms with Crippen LogP contribution in [0.25, 0.3) is 0 Å². The van der Waals surface area contributed by atoms with E-state index in [2.05, 4.69) is 12.2 Å². The molecule has 0 unspecified atom stereocenters. The summed E-state index contributed by atoms with van der Waals surface area (Å²) in [5.41, 5.74) is 0. The van der Waals surface area contributed by atoms with E-state index in [4.69, 9.17) is 9.47 Å². The van der Waals surface area contributed by atoms with E-state index >= 15 is 0 Å². The van der Waals surface area contributed by atoms with Crippen LogP contribution in [0.3, 0.4) is 0 Å². The molecule has 0 aromatic heterocycles. The second-order valence-electron chi connectivity index (χ2n) is 5.29. The van der Waals surface area contributed by atoms with Crippen LogP contribution in [0.5, 0.6) is 0 Å². The van der Waals surface area contributed by atoms with Crippen LogP contribution in [0.1, 0.15) is 39.0 Å². The third-order valence-electron chi connectivity index (χ3n) is 3.63. The Morgan fingerprint density at radius 2 is 1.89 bits per heavy atom. The predicted octanol–water partition coefficient (Wildman–Crippen LogP) is 1.98. The van der Waals surface area contributed by atoms with Gasteiger partial charge in [0, 0.05) is 20.1 Å². The van der Waals surface area contributed by atoms with Crippen LogP contribution in [0.2, 0.25) is 0 Å². The van der Waals surface area contributed by atoms with Gasteiger partial charge in [0.15, 0.2) is 0 Å². The Balaban J connectivity index is 1.96. The lowest BCUT2D eigenvalue weighted by molar-refractivity contribution is -0.122. The average Bonchev–Trinajstić information content (AvgIpc) is 2.38. The van der Waals surface area contributed by atoms with E-state index < -0.39 is 0 Å². The minimum atomic E-state index is 0.103. The normalized spacial score (nSPS) is 23.9. The third kappa shape index (κ3) is 6.97. The lowest BCUT2D eigenvalue weighted by Gasteiger charge is -2.26. The molecule has 0 radical (unpaired) electrons. The van der Waals surface area contributed by atoms with Crippen LogP contribution < -0.4 is 5.32 Å². The summed E-state index contributed by atoms with van der Waals surface area (Å²) in [5.74, 6) is 1.65. The molecule has 1 saturated carbocycles. The zero-order valence-corrected chi connectivity index (χ0v) is 11.7. The highest BCUT2D eigenvalue weighted by Crippen LogP contribution is 2.27. The highest BCUT2D eigenvalue weighted by atomic mass is 16.5. The van der Waals surface area contributed by atoms with Crippen molar-refractivity contribution < 1.29 is 14.3 Å². The summed E-state index contributed by atoms with van der Waals surface area (Å²) in [6, 6.07) is 0. The SMILES string of the molecule is COCCOCCC(=O)NCC1CCC(C)CC1. The first kappa shape index (κ1) is 15.4. The van der Waals surface area contributed by atoms with Gasteiger partial charge in [-0.25, -0.2) is 0 Å². The summed E-state index contributed by atoms with van der Waals surface area (Å²) in [5, 5.41) is 3.01. The first-order chi connectivity index (χ1) is 8.72. The quantitative estimate of drug-likeness (QED) is 0.676. The van der Waals surface area contributed by atoms with E-state index in [1.54, 1.807) is 7.11 Å². The van der Waals surface area contributed by atoms with Crippen molar-refractivity contribution in [2.24, 2.45) is 11.8 Å². The van der Waals surface area contributed by atoms with Crippen molar-refractivity contribution in [3.63, 3.8) is 0 Å². The molecule has 18 heavy (non-hydrogen) atoms. The van der Waals surface area contributed by atoms with Gasteiger partial charge in [-0.3, -0.25) is 4.79 Å². The Hall–Kier alpha value is -0.610. The van der Waals surface area contributed by atoms with Gasteiger partial charge in [0.1, 0.15) is 0 Å². The molecule has 0 aromatic rings. The number of nitrogens with one attached hydrogen (secondary N) is 1. The molecule has 0 spiro atoms. The van der Waals surface area contributed by atoms with Crippen molar-refractivity contribution in [2.75, 3.05) is 33.5 Å². The standard InChI is InChI=1S/C14H27NO3/c1-12-3-5-13(6-4-12)11-15-14(16)7-8-18-10-9-17-2/h12-13H,3-11H2,1-2H3,(H,15,16). The molecule has 1 rings (SSSR count). The van der Waals surface area contributed by atoms with Crippen LogP contribution >= 0.6 is 0 Å². The molecule has 0 heterocycles. The zero-order chi connectivity index (χ0) is 13.2. The second-order valence-corrected chi connectivity index (χ2v) is 5.29. The molecular weight excluding hydrogens is 230 g/mol. The number of methoxy groups -OCH3 is 1. The highest BCUT2D eigenvalue weighted by molar-refractivity contribution is 5.75. The van der Waals surface area contributed by atoms with E-state index in [9.17, 15) is 4.79 Å². The van der Waals surface area contributed by atoms with Crippen molar-refractivity contribution in [2.45, 2.75) is 39.0 Å². The summed E-state index contributed by atoms with van der Waals surface area (Å²) in [7, 11) is 1.64. The van der Waals surface area contributed by atoms with Gasteiger partial charge in [0.05, 0.1) is 19.8 Å². The third-order valence-corrected chi connectivity index (χ3v) is 3.63. The number of hydrogen-bond donors (Lipinski definition) is 1. The Morgan fingerprint density at radius 3 is 2.56 bits per heavy atom. The van der Waals surface area contributed by atoms with Gasteiger partial charge in [-0.2, -0.15) is 0 Å². The number of carbonyl (C=O) groups is 1. The second kappa shape index (κ2) is 9.34. The lowest BCUT2D eigenvalue weighted by atomic mass is 9.83. The van der Waals surface area contributed by atoms with Crippen LogP contribution in [0.4, 0.5) is 0 Å². The van der Waals surface area contributed by atoms with E-state index in [1.165, 1.54) is 25.7 Å². The molecule has 0 aromatic carbocycles. The van der Waals surface area contributed by atoms with Gasteiger partial charge in [0.2, 0.25) is 5.91 Å². The lowest BCUT2D eigenvalue weighted by Crippen LogP contribution is -2.31. The van der Waals surface area contributed by atoms with Crippen LogP contribution in [0.15, 0.2) is 0 Å². The molecule has 106 valence electrons. The Kier molecular flexibility index (Phi) is 8.01. The average molecular weight is 257 g/mol. The van der Waals surface area contributed by atoms with Gasteiger partial charge in [-0.1, -0.05) is 19.8 Å². The van der Waals surface area contributed by atoms with Crippen molar-refractivity contribution >= 4 is 5.91 Å².